The number of hydrogen-bond acceptors (Lipinski definition) is 5. The molecule has 0 unspecified atom stereocenters. The molecule has 0 aromatic carbocycles. The molecule has 1 aromatic rings. The van der Waals surface area contributed by atoms with E-state index in [1.807, 2.05) is 18.2 Å². The molecule has 0 aliphatic rings. The summed E-state index contributed by atoms with van der Waals surface area (Å²) >= 11 is 0. The standard InChI is InChI=1S/C5H5N.C4H8N2O2.Co/c1-2-4-6-5-3-1;1-4(3-5-7)6-8-2;/h1-5H;3,7H,1-2H3;. The molecule has 0 spiro atoms. The van der Waals surface area contributed by atoms with E-state index in [9.17, 15) is 0 Å². The van der Waals surface area contributed by atoms with Crippen molar-refractivity contribution >= 4 is 11.9 Å². The average Bonchev–Trinajstić information content (AvgIpc) is 2.22. The summed E-state index contributed by atoms with van der Waals surface area (Å²) < 4.78 is 0. The zero-order valence-electron chi connectivity index (χ0n) is 8.49. The molecule has 5 nitrogen and oxygen atoms in total. The first-order valence-corrected chi connectivity index (χ1v) is 3.91. The van der Waals surface area contributed by atoms with Crippen LogP contribution in [0.1, 0.15) is 6.92 Å². The largest absolute Gasteiger partial charge is 0.411 e. The van der Waals surface area contributed by atoms with E-state index >= 15 is 0 Å². The second-order valence-corrected chi connectivity index (χ2v) is 2.18. The van der Waals surface area contributed by atoms with E-state index in [0.717, 1.165) is 0 Å². The second kappa shape index (κ2) is 12.6. The van der Waals surface area contributed by atoms with Gasteiger partial charge in [0.15, 0.2) is 0 Å². The van der Waals surface area contributed by atoms with Crippen LogP contribution < -0.4 is 0 Å². The second-order valence-electron chi connectivity index (χ2n) is 2.18. The molecule has 0 aliphatic heterocycles. The number of oxime groups is 2. The van der Waals surface area contributed by atoms with Crippen LogP contribution in [0.5, 0.6) is 0 Å². The number of aromatic nitrogens is 1. The van der Waals surface area contributed by atoms with E-state index in [4.69, 9.17) is 5.21 Å². The zero-order chi connectivity index (χ0) is 10.6. The van der Waals surface area contributed by atoms with Crippen molar-refractivity contribution in [2.45, 2.75) is 6.92 Å². The van der Waals surface area contributed by atoms with Crippen molar-refractivity contribution in [3.63, 3.8) is 0 Å². The Hall–Kier alpha value is -1.40. The Morgan fingerprint density at radius 1 is 1.33 bits per heavy atom. The smallest absolute Gasteiger partial charge is 0.106 e. The van der Waals surface area contributed by atoms with Gasteiger partial charge in [-0.05, 0) is 19.1 Å². The van der Waals surface area contributed by atoms with Crippen LogP contribution in [0.15, 0.2) is 40.9 Å². The van der Waals surface area contributed by atoms with E-state index in [0.29, 0.717) is 5.71 Å². The minimum absolute atomic E-state index is 0. The number of nitrogens with zero attached hydrogens (tertiary/aromatic N) is 3. The summed E-state index contributed by atoms with van der Waals surface area (Å²) in [6.07, 6.45) is 4.68. The van der Waals surface area contributed by atoms with Gasteiger partial charge in [-0.3, -0.25) is 4.98 Å². The van der Waals surface area contributed by atoms with Crippen LogP contribution in [0.4, 0.5) is 0 Å². The van der Waals surface area contributed by atoms with Crippen molar-refractivity contribution in [2.24, 2.45) is 10.3 Å². The van der Waals surface area contributed by atoms with Crippen molar-refractivity contribution < 1.29 is 26.8 Å². The van der Waals surface area contributed by atoms with Gasteiger partial charge in [0.2, 0.25) is 0 Å². The topological polar surface area (TPSA) is 67.1 Å². The number of hydrogen-bond donors (Lipinski definition) is 1. The Bertz CT molecular complexity index is 251. The summed E-state index contributed by atoms with van der Waals surface area (Å²) in [6, 6.07) is 5.72. The zero-order valence-corrected chi connectivity index (χ0v) is 9.54. The van der Waals surface area contributed by atoms with E-state index in [1.165, 1.54) is 13.3 Å². The molecule has 1 N–H and O–H groups in total. The maximum atomic E-state index is 7.90. The summed E-state index contributed by atoms with van der Waals surface area (Å²) in [4.78, 5) is 8.13. The fraction of sp³-hybridized carbons (Fsp3) is 0.222. The monoisotopic (exact) mass is 254 g/mol. The van der Waals surface area contributed by atoms with Gasteiger partial charge < -0.3 is 10.0 Å². The first-order chi connectivity index (χ1) is 6.81. The Morgan fingerprint density at radius 3 is 2.20 bits per heavy atom. The van der Waals surface area contributed by atoms with Gasteiger partial charge in [-0.1, -0.05) is 16.4 Å². The predicted molar refractivity (Wildman–Crippen MR) is 54.6 cm³/mol. The minimum Gasteiger partial charge on any atom is -0.411 e. The number of rotatable bonds is 2. The first-order valence-electron chi connectivity index (χ1n) is 3.91. The summed E-state index contributed by atoms with van der Waals surface area (Å²) in [5.41, 5.74) is 0.523. The van der Waals surface area contributed by atoms with Crippen molar-refractivity contribution in [1.29, 1.82) is 0 Å². The van der Waals surface area contributed by atoms with Crippen LogP contribution in [0.3, 0.4) is 0 Å². The SMILES string of the molecule is CON=C(C)C=NO.[Co].c1ccncc1. The molecule has 85 valence electrons. The third-order valence-corrected chi connectivity index (χ3v) is 1.05. The summed E-state index contributed by atoms with van der Waals surface area (Å²) in [5.74, 6) is 0. The van der Waals surface area contributed by atoms with Gasteiger partial charge in [-0.25, -0.2) is 0 Å². The Balaban J connectivity index is 0. The molecule has 15 heavy (non-hydrogen) atoms. The molecular formula is C9H13CoN3O2. The van der Waals surface area contributed by atoms with Crippen molar-refractivity contribution in [3.05, 3.63) is 30.6 Å². The van der Waals surface area contributed by atoms with Gasteiger partial charge in [0.1, 0.15) is 7.11 Å². The van der Waals surface area contributed by atoms with E-state index in [-0.39, 0.29) is 16.8 Å². The van der Waals surface area contributed by atoms with Gasteiger partial charge in [0, 0.05) is 29.2 Å². The van der Waals surface area contributed by atoms with Crippen LogP contribution in [-0.2, 0) is 21.6 Å². The Kier molecular flexibility index (Phi) is 13.5. The molecule has 0 atom stereocenters. The molecule has 6 heteroatoms. The van der Waals surface area contributed by atoms with Crippen molar-refractivity contribution in [2.75, 3.05) is 7.11 Å². The molecule has 1 aromatic heterocycles. The molecule has 0 saturated heterocycles. The normalized spacial score (nSPS) is 9.87. The predicted octanol–water partition coefficient (Wildman–Crippen LogP) is 1.55. The van der Waals surface area contributed by atoms with Crippen LogP contribution in [0.2, 0.25) is 0 Å². The van der Waals surface area contributed by atoms with Crippen LogP contribution in [-0.4, -0.2) is 29.2 Å². The van der Waals surface area contributed by atoms with Gasteiger partial charge in [0.25, 0.3) is 0 Å². The maximum Gasteiger partial charge on any atom is 0.106 e. The molecular weight excluding hydrogens is 241 g/mol. The summed E-state index contributed by atoms with van der Waals surface area (Å²) in [5, 5.41) is 14.0. The van der Waals surface area contributed by atoms with E-state index < -0.39 is 0 Å². The molecule has 0 bridgehead atoms. The third kappa shape index (κ3) is 12.6. The summed E-state index contributed by atoms with van der Waals surface area (Å²) in [7, 11) is 1.43. The Morgan fingerprint density at radius 2 is 1.93 bits per heavy atom. The molecule has 1 rings (SSSR count). The quantitative estimate of drug-likeness (QED) is 0.494. The first kappa shape index (κ1) is 16.0. The van der Waals surface area contributed by atoms with Crippen LogP contribution in [0, 0.1) is 0 Å². The van der Waals surface area contributed by atoms with Gasteiger partial charge in [0.05, 0.1) is 11.9 Å². The maximum absolute atomic E-state index is 7.90. The fourth-order valence-electron chi connectivity index (χ4n) is 0.564. The summed E-state index contributed by atoms with van der Waals surface area (Å²) in [6.45, 7) is 1.66. The van der Waals surface area contributed by atoms with E-state index in [1.54, 1.807) is 19.3 Å². The van der Waals surface area contributed by atoms with Crippen molar-refractivity contribution in [3.8, 4) is 0 Å². The van der Waals surface area contributed by atoms with Gasteiger partial charge in [-0.2, -0.15) is 0 Å². The average molecular weight is 254 g/mol. The molecule has 0 saturated carbocycles. The molecule has 0 fully saturated rings. The van der Waals surface area contributed by atoms with Gasteiger partial charge >= 0.3 is 0 Å². The molecule has 0 amide bonds. The third-order valence-electron chi connectivity index (χ3n) is 1.05. The molecule has 1 radical (unpaired) electrons. The molecule has 0 aliphatic carbocycles. The van der Waals surface area contributed by atoms with Crippen molar-refractivity contribution in [1.82, 2.24) is 4.98 Å². The molecule has 1 heterocycles. The van der Waals surface area contributed by atoms with Crippen LogP contribution >= 0.6 is 0 Å². The van der Waals surface area contributed by atoms with Gasteiger partial charge in [-0.15, -0.1) is 0 Å². The Labute approximate surface area is 99.0 Å². The van der Waals surface area contributed by atoms with E-state index in [2.05, 4.69) is 20.1 Å². The minimum atomic E-state index is 0. The van der Waals surface area contributed by atoms with Crippen LogP contribution in [0.25, 0.3) is 0 Å². The number of pyridine rings is 1. The fourth-order valence-corrected chi connectivity index (χ4v) is 0.564.